The summed E-state index contributed by atoms with van der Waals surface area (Å²) in [6, 6.07) is 9.42. The van der Waals surface area contributed by atoms with Gasteiger partial charge in [0.2, 0.25) is 0 Å². The Hall–Kier alpha value is -1.39. The molecular weight excluding hydrogens is 218 g/mol. The molecule has 0 bridgehead atoms. The Kier molecular flexibility index (Phi) is 2.61. The zero-order valence-electron chi connectivity index (χ0n) is 9.45. The van der Waals surface area contributed by atoms with Crippen LogP contribution in [0.5, 0.6) is 0 Å². The summed E-state index contributed by atoms with van der Waals surface area (Å²) in [6.07, 6.45) is 0.345. The van der Waals surface area contributed by atoms with Crippen molar-refractivity contribution in [2.24, 2.45) is 0 Å². The molecule has 0 unspecified atom stereocenters. The van der Waals surface area contributed by atoms with E-state index in [9.17, 15) is 9.90 Å². The minimum absolute atomic E-state index is 0.160. The predicted octanol–water partition coefficient (Wildman–Crippen LogP) is 0.720. The van der Waals surface area contributed by atoms with E-state index >= 15 is 0 Å². The minimum Gasteiger partial charge on any atom is -0.463 e. The molecule has 3 atom stereocenters. The number of aliphatic hydroxyl groups is 1. The van der Waals surface area contributed by atoms with Crippen LogP contribution >= 0.6 is 0 Å². The summed E-state index contributed by atoms with van der Waals surface area (Å²) in [5, 5.41) is 9.70. The van der Waals surface area contributed by atoms with Gasteiger partial charge >= 0.3 is 5.97 Å². The highest BCUT2D eigenvalue weighted by molar-refractivity contribution is 5.78. The second kappa shape index (κ2) is 4.13. The van der Waals surface area contributed by atoms with Crippen molar-refractivity contribution in [3.8, 4) is 0 Å². The highest BCUT2D eigenvalue weighted by atomic mass is 16.5. The van der Waals surface area contributed by atoms with Crippen molar-refractivity contribution in [2.45, 2.75) is 24.6 Å². The fraction of sp³-hybridized carbons (Fsp3) is 0.462. The Morgan fingerprint density at radius 3 is 2.82 bits per heavy atom. The molecule has 0 spiro atoms. The Morgan fingerprint density at radius 2 is 2.06 bits per heavy atom. The van der Waals surface area contributed by atoms with Crippen molar-refractivity contribution in [1.82, 2.24) is 4.90 Å². The van der Waals surface area contributed by atoms with Crippen molar-refractivity contribution in [3.63, 3.8) is 0 Å². The molecule has 3 rings (SSSR count). The van der Waals surface area contributed by atoms with Gasteiger partial charge in [-0.15, -0.1) is 0 Å². The fourth-order valence-electron chi connectivity index (χ4n) is 2.75. The van der Waals surface area contributed by atoms with Gasteiger partial charge in [0.1, 0.15) is 12.6 Å². The van der Waals surface area contributed by atoms with Crippen molar-refractivity contribution in [2.75, 3.05) is 13.2 Å². The number of morpholine rings is 1. The maximum atomic E-state index is 11.9. The molecule has 0 radical (unpaired) electrons. The zero-order chi connectivity index (χ0) is 11.8. The van der Waals surface area contributed by atoms with Crippen LogP contribution in [0.1, 0.15) is 18.0 Å². The first-order valence-corrected chi connectivity index (χ1v) is 5.91. The average molecular weight is 233 g/mol. The summed E-state index contributed by atoms with van der Waals surface area (Å²) in [6.45, 7) is 0.957. The van der Waals surface area contributed by atoms with Crippen LogP contribution in [0, 0.1) is 0 Å². The van der Waals surface area contributed by atoms with E-state index < -0.39 is 0 Å². The zero-order valence-corrected chi connectivity index (χ0v) is 9.45. The number of benzene rings is 1. The molecule has 4 nitrogen and oxygen atoms in total. The molecule has 2 saturated heterocycles. The summed E-state index contributed by atoms with van der Waals surface area (Å²) in [5.41, 5.74) is 0.941. The van der Waals surface area contributed by atoms with E-state index in [1.54, 1.807) is 0 Å². The lowest BCUT2D eigenvalue weighted by Crippen LogP contribution is -2.46. The maximum Gasteiger partial charge on any atom is 0.328 e. The number of fused-ring (bicyclic) bond motifs is 1. The average Bonchev–Trinajstić information content (AvgIpc) is 2.70. The molecule has 0 saturated carbocycles. The maximum absolute atomic E-state index is 11.9. The molecule has 0 aliphatic carbocycles. The summed E-state index contributed by atoms with van der Waals surface area (Å²) in [7, 11) is 0. The molecule has 2 aliphatic rings. The number of hydrogen-bond donors (Lipinski definition) is 1. The summed E-state index contributed by atoms with van der Waals surface area (Å²) < 4.78 is 5.22. The Bertz CT molecular complexity index is 420. The van der Waals surface area contributed by atoms with Crippen LogP contribution in [0.15, 0.2) is 30.3 Å². The van der Waals surface area contributed by atoms with Crippen LogP contribution in [0.25, 0.3) is 0 Å². The molecule has 1 aromatic carbocycles. The molecule has 0 amide bonds. The molecule has 0 aromatic heterocycles. The third kappa shape index (κ3) is 1.83. The lowest BCUT2D eigenvalue weighted by molar-refractivity contribution is -0.160. The molecule has 2 heterocycles. The molecule has 1 N–H and O–H groups in total. The van der Waals surface area contributed by atoms with Gasteiger partial charge in [-0.25, -0.2) is 4.79 Å². The first kappa shape index (κ1) is 10.7. The molecule has 90 valence electrons. The number of carbonyl (C=O) groups excluding carboxylic acids is 1. The molecule has 2 fully saturated rings. The minimum atomic E-state index is -0.355. The largest absolute Gasteiger partial charge is 0.463 e. The summed E-state index contributed by atoms with van der Waals surface area (Å²) in [5.74, 6) is -0.207. The van der Waals surface area contributed by atoms with E-state index in [4.69, 9.17) is 4.74 Å². The smallest absolute Gasteiger partial charge is 0.328 e. The number of esters is 1. The Balaban J connectivity index is 1.93. The van der Waals surface area contributed by atoms with E-state index in [0.717, 1.165) is 5.56 Å². The first-order valence-electron chi connectivity index (χ1n) is 5.91. The second-order valence-corrected chi connectivity index (χ2v) is 4.68. The van der Waals surface area contributed by atoms with Crippen LogP contribution in [-0.4, -0.2) is 41.3 Å². The lowest BCUT2D eigenvalue weighted by Gasteiger charge is -2.35. The predicted molar refractivity (Wildman–Crippen MR) is 61.3 cm³/mol. The van der Waals surface area contributed by atoms with Crippen molar-refractivity contribution in [1.29, 1.82) is 0 Å². The van der Waals surface area contributed by atoms with E-state index in [2.05, 4.69) is 4.90 Å². The summed E-state index contributed by atoms with van der Waals surface area (Å²) in [4.78, 5) is 14.0. The summed E-state index contributed by atoms with van der Waals surface area (Å²) >= 11 is 0. The van der Waals surface area contributed by atoms with E-state index in [0.29, 0.717) is 19.6 Å². The van der Waals surface area contributed by atoms with Crippen LogP contribution in [0.4, 0.5) is 0 Å². The van der Waals surface area contributed by atoms with Crippen LogP contribution < -0.4 is 0 Å². The third-order valence-corrected chi connectivity index (χ3v) is 3.52. The van der Waals surface area contributed by atoms with Crippen LogP contribution in [-0.2, 0) is 9.53 Å². The van der Waals surface area contributed by atoms with Crippen LogP contribution in [0.2, 0.25) is 0 Å². The van der Waals surface area contributed by atoms with E-state index in [1.165, 1.54) is 0 Å². The number of nitrogens with zero attached hydrogens (tertiary/aromatic N) is 1. The third-order valence-electron chi connectivity index (χ3n) is 3.52. The SMILES string of the molecule is O=C1OC[C@@H]2C[C@@H](O)CN2[C@H]1c1ccccc1. The van der Waals surface area contributed by atoms with Gasteiger partial charge in [0.05, 0.1) is 6.10 Å². The number of cyclic esters (lactones) is 1. The molecule has 1 aromatic rings. The molecular formula is C13H15NO3. The number of ether oxygens (including phenoxy) is 1. The first-order chi connectivity index (χ1) is 8.25. The van der Waals surface area contributed by atoms with Gasteiger partial charge in [-0.2, -0.15) is 0 Å². The van der Waals surface area contributed by atoms with E-state index in [1.807, 2.05) is 30.3 Å². The number of hydrogen-bond acceptors (Lipinski definition) is 4. The highest BCUT2D eigenvalue weighted by Crippen LogP contribution is 2.34. The molecule has 2 aliphatic heterocycles. The highest BCUT2D eigenvalue weighted by Gasteiger charge is 2.44. The fourth-order valence-corrected chi connectivity index (χ4v) is 2.75. The molecule has 17 heavy (non-hydrogen) atoms. The Morgan fingerprint density at radius 1 is 1.29 bits per heavy atom. The number of aliphatic hydroxyl groups excluding tert-OH is 1. The number of rotatable bonds is 1. The lowest BCUT2D eigenvalue weighted by atomic mass is 10.0. The van der Waals surface area contributed by atoms with E-state index in [-0.39, 0.29) is 24.2 Å². The van der Waals surface area contributed by atoms with Crippen molar-refractivity contribution >= 4 is 5.97 Å². The van der Waals surface area contributed by atoms with Gasteiger partial charge in [0.25, 0.3) is 0 Å². The van der Waals surface area contributed by atoms with Gasteiger partial charge in [0, 0.05) is 12.6 Å². The van der Waals surface area contributed by atoms with Crippen LogP contribution in [0.3, 0.4) is 0 Å². The van der Waals surface area contributed by atoms with Gasteiger partial charge in [-0.05, 0) is 12.0 Å². The standard InChI is InChI=1S/C13H15NO3/c15-11-6-10-8-17-13(16)12(14(10)7-11)9-4-2-1-3-5-9/h1-5,10-12,15H,6-8H2/t10-,11+,12-/m0/s1. The quantitative estimate of drug-likeness (QED) is 0.726. The topological polar surface area (TPSA) is 49.8 Å². The van der Waals surface area contributed by atoms with Gasteiger partial charge in [-0.3, -0.25) is 4.90 Å². The monoisotopic (exact) mass is 233 g/mol. The van der Waals surface area contributed by atoms with Gasteiger partial charge in [-0.1, -0.05) is 30.3 Å². The van der Waals surface area contributed by atoms with Gasteiger partial charge in [0.15, 0.2) is 0 Å². The second-order valence-electron chi connectivity index (χ2n) is 4.68. The van der Waals surface area contributed by atoms with Crippen molar-refractivity contribution in [3.05, 3.63) is 35.9 Å². The Labute approximate surface area is 99.8 Å². The van der Waals surface area contributed by atoms with Crippen molar-refractivity contribution < 1.29 is 14.6 Å². The molecule has 4 heteroatoms. The normalized spacial score (nSPS) is 33.2. The number of carbonyl (C=O) groups is 1. The van der Waals surface area contributed by atoms with Gasteiger partial charge < -0.3 is 9.84 Å².